The van der Waals surface area contributed by atoms with Crippen LogP contribution >= 0.6 is 8.35 Å². The van der Waals surface area contributed by atoms with E-state index in [2.05, 4.69) is 108 Å². The first-order chi connectivity index (χ1) is 15.8. The van der Waals surface area contributed by atoms with Gasteiger partial charge in [0.2, 0.25) is 5.69 Å². The zero-order valence-electron chi connectivity index (χ0n) is 18.4. The van der Waals surface area contributed by atoms with Crippen LogP contribution < -0.4 is 4.33 Å². The molecule has 5 aromatic rings. The van der Waals surface area contributed by atoms with Crippen molar-refractivity contribution in [2.45, 2.75) is 32.1 Å². The highest BCUT2D eigenvalue weighted by molar-refractivity contribution is 7.29. The highest BCUT2D eigenvalue weighted by Crippen LogP contribution is 2.39. The summed E-state index contributed by atoms with van der Waals surface area (Å²) < 4.78 is 2.47. The molecule has 0 spiro atoms. The van der Waals surface area contributed by atoms with E-state index in [1.807, 2.05) is 0 Å². The molecule has 2 heteroatoms. The summed E-state index contributed by atoms with van der Waals surface area (Å²) in [5.41, 5.74) is 7.15. The lowest BCUT2D eigenvalue weighted by molar-refractivity contribution is -0.514. The molecule has 0 fully saturated rings. The van der Waals surface area contributed by atoms with Gasteiger partial charge in [0.15, 0.2) is 6.20 Å². The normalized spacial score (nSPS) is 16.7. The summed E-state index contributed by atoms with van der Waals surface area (Å²) in [6, 6.07) is 31.3. The van der Waals surface area contributed by atoms with E-state index in [1.165, 1.54) is 62.1 Å². The largest absolute Gasteiger partial charge is 0.220 e. The first-order valence-electron chi connectivity index (χ1n) is 11.6. The smallest absolute Gasteiger partial charge is 0.159 e. The van der Waals surface area contributed by atoms with Gasteiger partial charge in [-0.15, -0.1) is 0 Å². The maximum atomic E-state index is 2.47. The summed E-state index contributed by atoms with van der Waals surface area (Å²) >= 11 is 0. The molecule has 6 rings (SSSR count). The van der Waals surface area contributed by atoms with Crippen molar-refractivity contribution in [3.63, 3.8) is 0 Å². The molecule has 0 saturated heterocycles. The van der Waals surface area contributed by atoms with Gasteiger partial charge in [0, 0.05) is 12.0 Å². The van der Waals surface area contributed by atoms with Crippen LogP contribution in [0.4, 0.5) is 0 Å². The van der Waals surface area contributed by atoms with Gasteiger partial charge in [0.05, 0.1) is 15.9 Å². The number of nitrogens with zero attached hydrogens (tertiary/aromatic N) is 1. The van der Waals surface area contributed by atoms with Crippen molar-refractivity contribution in [1.29, 1.82) is 0 Å². The SMILES string of the molecule is CC1=Cc2ccccc2CCCC1c1cccc2cccc(-[n+]3cc4ccccc4[pH]3)c12. The molecule has 32 heavy (non-hydrogen) atoms. The lowest BCUT2D eigenvalue weighted by atomic mass is 9.81. The Balaban J connectivity index is 1.55. The third-order valence-electron chi connectivity index (χ3n) is 6.95. The van der Waals surface area contributed by atoms with Gasteiger partial charge < -0.3 is 0 Å². The van der Waals surface area contributed by atoms with E-state index in [9.17, 15) is 0 Å². The molecule has 1 aliphatic rings. The summed E-state index contributed by atoms with van der Waals surface area (Å²) in [5.74, 6) is 0.446. The Labute approximate surface area is 191 Å². The fourth-order valence-electron chi connectivity index (χ4n) is 5.36. The summed E-state index contributed by atoms with van der Waals surface area (Å²) in [7, 11) is 0.647. The van der Waals surface area contributed by atoms with E-state index in [-0.39, 0.29) is 0 Å². The molecule has 0 saturated carbocycles. The van der Waals surface area contributed by atoms with Crippen molar-refractivity contribution < 1.29 is 4.33 Å². The van der Waals surface area contributed by atoms with Crippen LogP contribution in [0.2, 0.25) is 0 Å². The van der Waals surface area contributed by atoms with Gasteiger partial charge in [-0.05, 0) is 60.4 Å². The molecule has 0 amide bonds. The van der Waals surface area contributed by atoms with Gasteiger partial charge in [-0.2, -0.15) is 4.33 Å². The second kappa shape index (κ2) is 8.08. The van der Waals surface area contributed by atoms with Gasteiger partial charge in [-0.3, -0.25) is 0 Å². The lowest BCUT2D eigenvalue weighted by Crippen LogP contribution is -2.23. The van der Waals surface area contributed by atoms with Crippen molar-refractivity contribution in [3.05, 3.63) is 113 Å². The zero-order chi connectivity index (χ0) is 21.5. The topological polar surface area (TPSA) is 3.88 Å². The molecule has 0 radical (unpaired) electrons. The molecule has 4 aromatic carbocycles. The van der Waals surface area contributed by atoms with Gasteiger partial charge in [0.25, 0.3) is 0 Å². The zero-order valence-corrected chi connectivity index (χ0v) is 19.4. The van der Waals surface area contributed by atoms with Crippen molar-refractivity contribution in [2.24, 2.45) is 0 Å². The fourth-order valence-corrected chi connectivity index (χ4v) is 6.57. The molecule has 1 aromatic heterocycles. The standard InChI is InChI=1S/C30H27NP/c1-21-19-24-10-3-2-9-22(24)12-6-15-26(21)27-16-7-13-23-14-8-17-28(30(23)27)31-20-25-11-4-5-18-29(25)32-31/h2-5,7-11,13-14,16-20,26,32H,6,12,15H2,1H3/q+1. The third kappa shape index (κ3) is 3.38. The predicted octanol–water partition coefficient (Wildman–Crippen LogP) is 7.82. The molecule has 1 aliphatic carbocycles. The number of benzene rings is 4. The maximum Gasteiger partial charge on any atom is 0.220 e. The Morgan fingerprint density at radius 2 is 1.59 bits per heavy atom. The van der Waals surface area contributed by atoms with Gasteiger partial charge in [-0.1, -0.05) is 78.4 Å². The van der Waals surface area contributed by atoms with Gasteiger partial charge in [0.1, 0.15) is 8.35 Å². The molecule has 1 heterocycles. The van der Waals surface area contributed by atoms with E-state index in [4.69, 9.17) is 0 Å². The predicted molar refractivity (Wildman–Crippen MR) is 138 cm³/mol. The lowest BCUT2D eigenvalue weighted by Gasteiger charge is -2.23. The summed E-state index contributed by atoms with van der Waals surface area (Å²) in [6.07, 6.45) is 8.33. The maximum absolute atomic E-state index is 2.47. The van der Waals surface area contributed by atoms with Gasteiger partial charge in [-0.25, -0.2) is 0 Å². The van der Waals surface area contributed by atoms with Crippen LogP contribution in [0.1, 0.15) is 42.4 Å². The number of hydrogen-bond donors (Lipinski definition) is 0. The number of rotatable bonds is 2. The van der Waals surface area contributed by atoms with Crippen LogP contribution in [0.5, 0.6) is 0 Å². The average molecular weight is 433 g/mol. The summed E-state index contributed by atoms with van der Waals surface area (Å²) in [4.78, 5) is 0. The quantitative estimate of drug-likeness (QED) is 0.268. The van der Waals surface area contributed by atoms with Crippen LogP contribution in [-0.2, 0) is 6.42 Å². The van der Waals surface area contributed by atoms with Crippen molar-refractivity contribution >= 4 is 35.7 Å². The second-order valence-electron chi connectivity index (χ2n) is 8.95. The monoisotopic (exact) mass is 432 g/mol. The van der Waals surface area contributed by atoms with Crippen molar-refractivity contribution in [3.8, 4) is 5.69 Å². The molecular weight excluding hydrogens is 405 g/mol. The minimum atomic E-state index is 0.446. The van der Waals surface area contributed by atoms with Crippen LogP contribution in [0.25, 0.3) is 33.0 Å². The first kappa shape index (κ1) is 19.5. The number of allylic oxidation sites excluding steroid dienone is 1. The van der Waals surface area contributed by atoms with Gasteiger partial charge >= 0.3 is 0 Å². The van der Waals surface area contributed by atoms with Crippen LogP contribution in [0.3, 0.4) is 0 Å². The molecule has 2 unspecified atom stereocenters. The van der Waals surface area contributed by atoms with E-state index >= 15 is 0 Å². The third-order valence-corrected chi connectivity index (χ3v) is 8.25. The van der Waals surface area contributed by atoms with Crippen LogP contribution in [0, 0.1) is 0 Å². The minimum absolute atomic E-state index is 0.446. The minimum Gasteiger partial charge on any atom is -0.159 e. The van der Waals surface area contributed by atoms with Crippen LogP contribution in [0.15, 0.2) is 96.7 Å². The number of aromatic nitrogens is 1. The Morgan fingerprint density at radius 3 is 2.50 bits per heavy atom. The van der Waals surface area contributed by atoms with E-state index in [0.717, 1.165) is 6.42 Å². The molecule has 1 nitrogen and oxygen atoms in total. The molecule has 0 bridgehead atoms. The molecular formula is C30H27NP+. The van der Waals surface area contributed by atoms with Crippen molar-refractivity contribution in [2.75, 3.05) is 0 Å². The Morgan fingerprint density at radius 1 is 0.812 bits per heavy atom. The molecule has 0 N–H and O–H groups in total. The number of aryl methyl sites for hydroxylation is 1. The molecule has 0 aliphatic heterocycles. The first-order valence-corrected chi connectivity index (χ1v) is 12.5. The molecule has 2 atom stereocenters. The van der Waals surface area contributed by atoms with E-state index < -0.39 is 0 Å². The number of hydrogen-bond acceptors (Lipinski definition) is 0. The Hall–Kier alpha value is -3.15. The number of fused-ring (bicyclic) bond motifs is 3. The highest BCUT2D eigenvalue weighted by atomic mass is 31.0. The average Bonchev–Trinajstić information content (AvgIpc) is 3.25. The summed E-state index contributed by atoms with van der Waals surface area (Å²) in [5, 5.41) is 5.53. The second-order valence-corrected chi connectivity index (χ2v) is 10.2. The fraction of sp³-hybridized carbons (Fsp3) is 0.167. The highest BCUT2D eigenvalue weighted by Gasteiger charge is 2.23. The van der Waals surface area contributed by atoms with E-state index in [0.29, 0.717) is 14.3 Å². The molecule has 156 valence electrons. The van der Waals surface area contributed by atoms with Crippen LogP contribution in [-0.4, -0.2) is 0 Å². The Bertz CT molecular complexity index is 1430. The van der Waals surface area contributed by atoms with E-state index in [1.54, 1.807) is 0 Å². The van der Waals surface area contributed by atoms with Crippen molar-refractivity contribution in [1.82, 2.24) is 0 Å². The Kier molecular flexibility index (Phi) is 4.93. The summed E-state index contributed by atoms with van der Waals surface area (Å²) in [6.45, 7) is 2.33.